The second kappa shape index (κ2) is 5.32. The fraction of sp³-hybridized carbons (Fsp3) is 0.400. The quantitative estimate of drug-likeness (QED) is 0.600. The molecule has 88 valence electrons. The van der Waals surface area contributed by atoms with Gasteiger partial charge in [0.05, 0.1) is 19.1 Å². The highest BCUT2D eigenvalue weighted by atomic mass is 16.6. The summed E-state index contributed by atoms with van der Waals surface area (Å²) in [6.45, 7) is 0.344. The van der Waals surface area contributed by atoms with E-state index in [4.69, 9.17) is 15.2 Å². The third-order valence-corrected chi connectivity index (χ3v) is 2.20. The van der Waals surface area contributed by atoms with Gasteiger partial charge in [-0.05, 0) is 25.1 Å². The first-order chi connectivity index (χ1) is 7.65. The number of methoxy groups -OCH3 is 2. The van der Waals surface area contributed by atoms with Gasteiger partial charge >= 0.3 is 5.69 Å². The number of nitrogens with two attached hydrogens (primary N) is 1. The van der Waals surface area contributed by atoms with Gasteiger partial charge in [-0.2, -0.15) is 0 Å². The average Bonchev–Trinajstić information content (AvgIpc) is 2.28. The van der Waals surface area contributed by atoms with Crippen LogP contribution in [-0.4, -0.2) is 25.7 Å². The van der Waals surface area contributed by atoms with Gasteiger partial charge < -0.3 is 15.2 Å². The van der Waals surface area contributed by atoms with Gasteiger partial charge in [0, 0.05) is 5.56 Å². The van der Waals surface area contributed by atoms with Crippen LogP contribution in [0.5, 0.6) is 11.5 Å². The first-order valence-corrected chi connectivity index (χ1v) is 4.74. The molecule has 0 bridgehead atoms. The first-order valence-electron chi connectivity index (χ1n) is 4.74. The molecule has 0 aromatic heterocycles. The third kappa shape index (κ3) is 2.22. The number of benzene rings is 1. The zero-order chi connectivity index (χ0) is 12.1. The Labute approximate surface area is 93.1 Å². The number of nitro groups is 1. The molecule has 0 atom stereocenters. The van der Waals surface area contributed by atoms with Crippen molar-refractivity contribution in [3.63, 3.8) is 0 Å². The van der Waals surface area contributed by atoms with Crippen LogP contribution in [0.4, 0.5) is 5.69 Å². The Bertz CT molecular complexity index is 393. The molecule has 1 aromatic carbocycles. The predicted octanol–water partition coefficient (Wildman–Crippen LogP) is 1.11. The average molecular weight is 226 g/mol. The second-order valence-electron chi connectivity index (χ2n) is 3.10. The van der Waals surface area contributed by atoms with Crippen LogP contribution >= 0.6 is 0 Å². The molecule has 0 fully saturated rings. The van der Waals surface area contributed by atoms with Crippen molar-refractivity contribution in [1.82, 2.24) is 0 Å². The van der Waals surface area contributed by atoms with Gasteiger partial charge in [-0.25, -0.2) is 0 Å². The van der Waals surface area contributed by atoms with Crippen LogP contribution in [0, 0.1) is 10.1 Å². The van der Waals surface area contributed by atoms with Gasteiger partial charge in [0.1, 0.15) is 0 Å². The predicted molar refractivity (Wildman–Crippen MR) is 59.0 cm³/mol. The molecule has 0 saturated heterocycles. The highest BCUT2D eigenvalue weighted by Crippen LogP contribution is 2.39. The lowest BCUT2D eigenvalue weighted by molar-refractivity contribution is -0.386. The minimum Gasteiger partial charge on any atom is -0.493 e. The lowest BCUT2D eigenvalue weighted by atomic mass is 10.1. The smallest absolute Gasteiger partial charge is 0.318 e. The summed E-state index contributed by atoms with van der Waals surface area (Å²) in [6, 6.07) is 3.27. The summed E-state index contributed by atoms with van der Waals surface area (Å²) in [5, 5.41) is 11.0. The summed E-state index contributed by atoms with van der Waals surface area (Å²) in [5.41, 5.74) is 5.87. The molecule has 0 aliphatic carbocycles. The topological polar surface area (TPSA) is 87.6 Å². The molecule has 0 spiro atoms. The van der Waals surface area contributed by atoms with Crippen molar-refractivity contribution in [1.29, 1.82) is 0 Å². The van der Waals surface area contributed by atoms with Gasteiger partial charge in [0.25, 0.3) is 0 Å². The van der Waals surface area contributed by atoms with Gasteiger partial charge in [0.2, 0.25) is 5.75 Å². The lowest BCUT2D eigenvalue weighted by Gasteiger charge is -2.10. The van der Waals surface area contributed by atoms with E-state index in [1.165, 1.54) is 14.2 Å². The maximum atomic E-state index is 11.0. The minimum atomic E-state index is -0.480. The van der Waals surface area contributed by atoms with E-state index in [0.29, 0.717) is 24.3 Å². The van der Waals surface area contributed by atoms with Crippen LogP contribution in [0.15, 0.2) is 12.1 Å². The SMILES string of the molecule is COc1ccc(CCN)c([N+](=O)[O-])c1OC. The Morgan fingerprint density at radius 1 is 1.38 bits per heavy atom. The van der Waals surface area contributed by atoms with E-state index in [-0.39, 0.29) is 11.4 Å². The van der Waals surface area contributed by atoms with Crippen LogP contribution in [0.2, 0.25) is 0 Å². The summed E-state index contributed by atoms with van der Waals surface area (Å²) < 4.78 is 10.0. The van der Waals surface area contributed by atoms with E-state index < -0.39 is 4.92 Å². The van der Waals surface area contributed by atoms with Gasteiger partial charge in [0.15, 0.2) is 5.75 Å². The van der Waals surface area contributed by atoms with Crippen LogP contribution in [0.25, 0.3) is 0 Å². The molecule has 16 heavy (non-hydrogen) atoms. The molecule has 2 N–H and O–H groups in total. The van der Waals surface area contributed by atoms with Crippen molar-refractivity contribution >= 4 is 5.69 Å². The zero-order valence-corrected chi connectivity index (χ0v) is 9.23. The molecule has 6 nitrogen and oxygen atoms in total. The Kier molecular flexibility index (Phi) is 4.07. The van der Waals surface area contributed by atoms with E-state index in [9.17, 15) is 10.1 Å². The zero-order valence-electron chi connectivity index (χ0n) is 9.23. The van der Waals surface area contributed by atoms with Crippen LogP contribution in [-0.2, 0) is 6.42 Å². The van der Waals surface area contributed by atoms with Gasteiger partial charge in [-0.3, -0.25) is 10.1 Å². The molecule has 0 aliphatic heterocycles. The summed E-state index contributed by atoms with van der Waals surface area (Å²) >= 11 is 0. The highest BCUT2D eigenvalue weighted by molar-refractivity contribution is 5.60. The van der Waals surface area contributed by atoms with E-state index in [1.54, 1.807) is 12.1 Å². The van der Waals surface area contributed by atoms with E-state index >= 15 is 0 Å². The lowest BCUT2D eigenvalue weighted by Crippen LogP contribution is -2.07. The molecular weight excluding hydrogens is 212 g/mol. The fourth-order valence-electron chi connectivity index (χ4n) is 1.51. The number of hydrogen-bond donors (Lipinski definition) is 1. The Morgan fingerprint density at radius 3 is 2.50 bits per heavy atom. The maximum Gasteiger partial charge on any atom is 0.318 e. The monoisotopic (exact) mass is 226 g/mol. The van der Waals surface area contributed by atoms with E-state index in [1.807, 2.05) is 0 Å². The molecular formula is C10H14N2O4. The molecule has 0 heterocycles. The molecule has 6 heteroatoms. The summed E-state index contributed by atoms with van der Waals surface area (Å²) in [4.78, 5) is 10.5. The normalized spacial score (nSPS) is 9.94. The summed E-state index contributed by atoms with van der Waals surface area (Å²) in [6.07, 6.45) is 0.427. The van der Waals surface area contributed by atoms with Crippen LogP contribution in [0.1, 0.15) is 5.56 Å². The molecule has 0 saturated carbocycles. The largest absolute Gasteiger partial charge is 0.493 e. The fourth-order valence-corrected chi connectivity index (χ4v) is 1.51. The third-order valence-electron chi connectivity index (χ3n) is 2.20. The van der Waals surface area contributed by atoms with E-state index in [2.05, 4.69) is 0 Å². The van der Waals surface area contributed by atoms with Crippen LogP contribution in [0.3, 0.4) is 0 Å². The number of rotatable bonds is 5. The van der Waals surface area contributed by atoms with Crippen molar-refractivity contribution in [3.8, 4) is 11.5 Å². The Morgan fingerprint density at radius 2 is 2.06 bits per heavy atom. The highest BCUT2D eigenvalue weighted by Gasteiger charge is 2.24. The Balaban J connectivity index is 3.37. The molecule has 0 amide bonds. The van der Waals surface area contributed by atoms with E-state index in [0.717, 1.165) is 0 Å². The standard InChI is InChI=1S/C10H14N2O4/c1-15-8-4-3-7(5-6-11)9(12(13)14)10(8)16-2/h3-4H,5-6,11H2,1-2H3. The van der Waals surface area contributed by atoms with Crippen molar-refractivity contribution in [2.45, 2.75) is 6.42 Å². The number of hydrogen-bond acceptors (Lipinski definition) is 5. The molecule has 0 unspecified atom stereocenters. The second-order valence-corrected chi connectivity index (χ2v) is 3.10. The molecule has 0 aliphatic rings. The number of ether oxygens (including phenoxy) is 2. The molecule has 1 aromatic rings. The number of nitro benzene ring substituents is 1. The molecule has 0 radical (unpaired) electrons. The maximum absolute atomic E-state index is 11.0. The van der Waals surface area contributed by atoms with Crippen molar-refractivity contribution < 1.29 is 14.4 Å². The first kappa shape index (κ1) is 12.3. The number of nitrogens with zero attached hydrogens (tertiary/aromatic N) is 1. The van der Waals surface area contributed by atoms with Gasteiger partial charge in [-0.15, -0.1) is 0 Å². The summed E-state index contributed by atoms with van der Waals surface area (Å²) in [5.74, 6) is 0.480. The van der Waals surface area contributed by atoms with Crippen molar-refractivity contribution in [2.75, 3.05) is 20.8 Å². The van der Waals surface area contributed by atoms with Gasteiger partial charge in [-0.1, -0.05) is 0 Å². The minimum absolute atomic E-state index is 0.0766. The Hall–Kier alpha value is -1.82. The van der Waals surface area contributed by atoms with Crippen LogP contribution < -0.4 is 15.2 Å². The molecule has 1 rings (SSSR count). The van der Waals surface area contributed by atoms with Crippen molar-refractivity contribution in [3.05, 3.63) is 27.8 Å². The summed E-state index contributed by atoms with van der Waals surface area (Å²) in [7, 11) is 2.81. The van der Waals surface area contributed by atoms with Crippen molar-refractivity contribution in [2.24, 2.45) is 5.73 Å².